The van der Waals surface area contributed by atoms with Gasteiger partial charge in [0.15, 0.2) is 0 Å². The van der Waals surface area contributed by atoms with E-state index in [1.165, 1.54) is 34.4 Å². The molecule has 2 aromatic carbocycles. The van der Waals surface area contributed by atoms with Crippen molar-refractivity contribution in [2.24, 2.45) is 4.99 Å². The molecular weight excluding hydrogens is 512 g/mol. The number of nitrogens with zero attached hydrogens (tertiary/aromatic N) is 3. The number of benzene rings is 2. The molecule has 1 amide bonds. The number of thioether (sulfide) groups is 2. The number of aliphatic imine (C=N–C) groups is 1. The molecule has 4 rings (SSSR count). The predicted molar refractivity (Wildman–Crippen MR) is 126 cm³/mol. The number of alkyl halides is 6. The van der Waals surface area contributed by atoms with E-state index >= 15 is 0 Å². The molecule has 3 aromatic rings. The number of hydrogen-bond donors (Lipinski definition) is 0. The molecule has 1 aromatic heterocycles. The molecule has 0 fully saturated rings. The van der Waals surface area contributed by atoms with Gasteiger partial charge in [0, 0.05) is 5.39 Å². The van der Waals surface area contributed by atoms with Gasteiger partial charge in [-0.2, -0.15) is 36.4 Å². The Hall–Kier alpha value is -2.73. The molecule has 0 bridgehead atoms. The standard InChI is InChI=1S/C23H17F6N3OS2/c1-2-7-34-21-31-20(33)19(35-21)9-13-3-6-18-15(8-13)11-30-32(18)12-14-4-5-16(22(24,25)26)10-17(14)23(27,28)29/h3-6,8-11H,2,7,12H2,1H3. The Morgan fingerprint density at radius 1 is 1.06 bits per heavy atom. The van der Waals surface area contributed by atoms with Crippen molar-refractivity contribution in [1.29, 1.82) is 0 Å². The number of amides is 1. The fourth-order valence-electron chi connectivity index (χ4n) is 3.43. The van der Waals surface area contributed by atoms with Gasteiger partial charge in [0.1, 0.15) is 4.38 Å². The van der Waals surface area contributed by atoms with Gasteiger partial charge in [0.05, 0.1) is 34.3 Å². The Morgan fingerprint density at radius 3 is 2.51 bits per heavy atom. The molecule has 0 spiro atoms. The van der Waals surface area contributed by atoms with E-state index in [0.29, 0.717) is 31.8 Å². The minimum Gasteiger partial charge on any atom is -0.266 e. The zero-order chi connectivity index (χ0) is 25.4. The molecule has 0 aliphatic carbocycles. The van der Waals surface area contributed by atoms with Gasteiger partial charge in [0.2, 0.25) is 0 Å². The van der Waals surface area contributed by atoms with E-state index in [4.69, 9.17) is 0 Å². The summed E-state index contributed by atoms with van der Waals surface area (Å²) in [6.45, 7) is 1.67. The number of rotatable bonds is 5. The zero-order valence-corrected chi connectivity index (χ0v) is 19.7. The van der Waals surface area contributed by atoms with Crippen LogP contribution in [0.25, 0.3) is 17.0 Å². The number of carbonyl (C=O) groups is 1. The second-order valence-electron chi connectivity index (χ2n) is 7.63. The number of carbonyl (C=O) groups excluding carboxylic acids is 1. The van der Waals surface area contributed by atoms with Gasteiger partial charge >= 0.3 is 12.4 Å². The third kappa shape index (κ3) is 5.75. The van der Waals surface area contributed by atoms with E-state index in [1.807, 2.05) is 6.92 Å². The van der Waals surface area contributed by atoms with E-state index in [0.717, 1.165) is 18.2 Å². The summed E-state index contributed by atoms with van der Waals surface area (Å²) in [6, 6.07) is 6.64. The minimum absolute atomic E-state index is 0.122. The van der Waals surface area contributed by atoms with Gasteiger partial charge in [-0.25, -0.2) is 0 Å². The van der Waals surface area contributed by atoms with Crippen molar-refractivity contribution in [3.63, 3.8) is 0 Å². The first kappa shape index (κ1) is 25.4. The zero-order valence-electron chi connectivity index (χ0n) is 18.1. The maximum atomic E-state index is 13.5. The predicted octanol–water partition coefficient (Wildman–Crippen LogP) is 7.24. The quantitative estimate of drug-likeness (QED) is 0.258. The summed E-state index contributed by atoms with van der Waals surface area (Å²) in [5, 5.41) is 4.74. The van der Waals surface area contributed by atoms with Crippen molar-refractivity contribution in [3.05, 3.63) is 69.8 Å². The first-order valence-electron chi connectivity index (χ1n) is 10.3. The average Bonchev–Trinajstić information content (AvgIpc) is 3.33. The first-order valence-corrected chi connectivity index (χ1v) is 12.1. The van der Waals surface area contributed by atoms with Crippen molar-refractivity contribution in [2.45, 2.75) is 32.2 Å². The number of hydrogen-bond acceptors (Lipinski definition) is 4. The van der Waals surface area contributed by atoms with Crippen LogP contribution in [0.4, 0.5) is 26.3 Å². The third-order valence-corrected chi connectivity index (χ3v) is 7.39. The van der Waals surface area contributed by atoms with E-state index in [2.05, 4.69) is 10.1 Å². The maximum Gasteiger partial charge on any atom is 0.416 e. The van der Waals surface area contributed by atoms with E-state index in [-0.39, 0.29) is 24.1 Å². The van der Waals surface area contributed by atoms with Crippen LogP contribution in [-0.2, 0) is 23.7 Å². The lowest BCUT2D eigenvalue weighted by Crippen LogP contribution is -2.15. The summed E-state index contributed by atoms with van der Waals surface area (Å²) in [5.74, 6) is 0.526. The highest BCUT2D eigenvalue weighted by atomic mass is 32.2. The largest absolute Gasteiger partial charge is 0.416 e. The van der Waals surface area contributed by atoms with Crippen molar-refractivity contribution >= 4 is 50.8 Å². The normalized spacial score (nSPS) is 15.9. The van der Waals surface area contributed by atoms with Crippen LogP contribution in [0.5, 0.6) is 0 Å². The van der Waals surface area contributed by atoms with Crippen LogP contribution in [-0.4, -0.2) is 25.8 Å². The fraction of sp³-hybridized carbons (Fsp3) is 0.261. The Balaban J connectivity index is 1.60. The number of halogens is 6. The van der Waals surface area contributed by atoms with Crippen LogP contribution >= 0.6 is 23.5 Å². The SMILES string of the molecule is CCCSC1=NC(=O)C(=Cc2ccc3c(cnn3Cc3ccc(C(F)(F)F)cc3C(F)(F)F)c2)S1. The molecule has 2 heterocycles. The Bertz CT molecular complexity index is 1340. The van der Waals surface area contributed by atoms with Crippen molar-refractivity contribution in [3.8, 4) is 0 Å². The monoisotopic (exact) mass is 529 g/mol. The van der Waals surface area contributed by atoms with Gasteiger partial charge < -0.3 is 0 Å². The molecule has 35 heavy (non-hydrogen) atoms. The smallest absolute Gasteiger partial charge is 0.266 e. The molecule has 0 N–H and O–H groups in total. The molecule has 1 aliphatic rings. The molecule has 0 saturated carbocycles. The van der Waals surface area contributed by atoms with Crippen LogP contribution in [0.1, 0.15) is 35.6 Å². The molecule has 0 saturated heterocycles. The summed E-state index contributed by atoms with van der Waals surface area (Å²) in [7, 11) is 0. The van der Waals surface area contributed by atoms with Gasteiger partial charge in [-0.1, -0.05) is 42.6 Å². The lowest BCUT2D eigenvalue weighted by molar-refractivity contribution is -0.143. The fourth-order valence-corrected chi connectivity index (χ4v) is 5.36. The van der Waals surface area contributed by atoms with E-state index in [9.17, 15) is 31.1 Å². The summed E-state index contributed by atoms with van der Waals surface area (Å²) >= 11 is 2.80. The first-order chi connectivity index (χ1) is 16.5. The second kappa shape index (κ2) is 9.73. The Kier molecular flexibility index (Phi) is 7.05. The average molecular weight is 530 g/mol. The summed E-state index contributed by atoms with van der Waals surface area (Å²) < 4.78 is 81.3. The topological polar surface area (TPSA) is 47.2 Å². The maximum absolute atomic E-state index is 13.5. The summed E-state index contributed by atoms with van der Waals surface area (Å²) in [4.78, 5) is 16.6. The number of aromatic nitrogens is 2. The van der Waals surface area contributed by atoms with E-state index in [1.54, 1.807) is 24.3 Å². The lowest BCUT2D eigenvalue weighted by Gasteiger charge is -2.16. The third-order valence-electron chi connectivity index (χ3n) is 5.06. The molecular formula is C23H17F6N3OS2. The molecule has 4 nitrogen and oxygen atoms in total. The Labute approximate surface area is 204 Å². The summed E-state index contributed by atoms with van der Waals surface area (Å²) in [6.07, 6.45) is -5.75. The highest BCUT2D eigenvalue weighted by molar-refractivity contribution is 8.41. The van der Waals surface area contributed by atoms with Crippen molar-refractivity contribution in [2.75, 3.05) is 5.75 Å². The van der Waals surface area contributed by atoms with Crippen molar-refractivity contribution < 1.29 is 31.1 Å². The van der Waals surface area contributed by atoms with Crippen LogP contribution in [0.2, 0.25) is 0 Å². The van der Waals surface area contributed by atoms with Crippen LogP contribution < -0.4 is 0 Å². The Morgan fingerprint density at radius 2 is 1.83 bits per heavy atom. The summed E-state index contributed by atoms with van der Waals surface area (Å²) in [5.41, 5.74) is -1.86. The molecule has 0 atom stereocenters. The van der Waals surface area contributed by atoms with Crippen LogP contribution in [0, 0.1) is 0 Å². The van der Waals surface area contributed by atoms with Crippen LogP contribution in [0.3, 0.4) is 0 Å². The highest BCUT2D eigenvalue weighted by Crippen LogP contribution is 2.38. The highest BCUT2D eigenvalue weighted by Gasteiger charge is 2.38. The minimum atomic E-state index is -4.96. The molecule has 1 aliphatic heterocycles. The molecule has 12 heteroatoms. The lowest BCUT2D eigenvalue weighted by atomic mass is 10.0. The van der Waals surface area contributed by atoms with Gasteiger partial charge in [-0.15, -0.1) is 0 Å². The van der Waals surface area contributed by atoms with Gasteiger partial charge in [-0.3, -0.25) is 9.48 Å². The molecule has 0 radical (unpaired) electrons. The van der Waals surface area contributed by atoms with Gasteiger partial charge in [0.25, 0.3) is 5.91 Å². The second-order valence-corrected chi connectivity index (χ2v) is 10.0. The van der Waals surface area contributed by atoms with Crippen molar-refractivity contribution in [1.82, 2.24) is 9.78 Å². The molecule has 184 valence electrons. The molecule has 0 unspecified atom stereocenters. The number of fused-ring (bicyclic) bond motifs is 1. The van der Waals surface area contributed by atoms with Crippen LogP contribution in [0.15, 0.2) is 52.5 Å². The van der Waals surface area contributed by atoms with E-state index < -0.39 is 23.5 Å². The van der Waals surface area contributed by atoms with Gasteiger partial charge in [-0.05, 0) is 53.6 Å².